The van der Waals surface area contributed by atoms with Crippen LogP contribution in [0.1, 0.15) is 24.0 Å². The average Bonchev–Trinajstić information content (AvgIpc) is 2.94. The summed E-state index contributed by atoms with van der Waals surface area (Å²) in [5, 5.41) is 13.5. The van der Waals surface area contributed by atoms with Crippen molar-refractivity contribution in [3.63, 3.8) is 0 Å². The Hall–Kier alpha value is -2.27. The van der Waals surface area contributed by atoms with Crippen LogP contribution >= 0.6 is 0 Å². The van der Waals surface area contributed by atoms with Crippen LogP contribution < -0.4 is 5.32 Å². The van der Waals surface area contributed by atoms with Gasteiger partial charge in [0, 0.05) is 29.1 Å². The molecule has 116 valence electrons. The van der Waals surface area contributed by atoms with Gasteiger partial charge in [-0.2, -0.15) is 0 Å². The number of hydrogen-bond acceptors (Lipinski definition) is 3. The average molecular weight is 300 g/mol. The molecule has 1 aliphatic carbocycles. The van der Waals surface area contributed by atoms with Crippen LogP contribution in [-0.4, -0.2) is 35.9 Å². The summed E-state index contributed by atoms with van der Waals surface area (Å²) < 4.78 is 4.75. The fourth-order valence-electron chi connectivity index (χ4n) is 3.22. The van der Waals surface area contributed by atoms with Crippen molar-refractivity contribution in [3.05, 3.63) is 47.2 Å². The van der Waals surface area contributed by atoms with Crippen molar-refractivity contribution < 1.29 is 14.6 Å². The first kappa shape index (κ1) is 14.7. The van der Waals surface area contributed by atoms with E-state index in [1.807, 2.05) is 25.3 Å². The van der Waals surface area contributed by atoms with Crippen LogP contribution in [0.4, 0.5) is 4.79 Å². The third-order valence-electron chi connectivity index (χ3n) is 4.25. The Morgan fingerprint density at radius 1 is 1.55 bits per heavy atom. The highest BCUT2D eigenvalue weighted by Crippen LogP contribution is 2.38. The summed E-state index contributed by atoms with van der Waals surface area (Å²) in [4.78, 5) is 14.9. The van der Waals surface area contributed by atoms with Gasteiger partial charge >= 0.3 is 6.09 Å². The number of ether oxygens (including phenoxy) is 1. The van der Waals surface area contributed by atoms with E-state index < -0.39 is 6.09 Å². The monoisotopic (exact) mass is 300 g/mol. The quantitative estimate of drug-likeness (QED) is 0.762. The Labute approximate surface area is 129 Å². The summed E-state index contributed by atoms with van der Waals surface area (Å²) in [6.07, 6.45) is 4.33. The number of aromatic nitrogens is 1. The molecule has 1 aliphatic rings. The van der Waals surface area contributed by atoms with Gasteiger partial charge in [0.25, 0.3) is 0 Å². The van der Waals surface area contributed by atoms with Gasteiger partial charge in [-0.3, -0.25) is 0 Å². The first-order valence-corrected chi connectivity index (χ1v) is 7.35. The summed E-state index contributed by atoms with van der Waals surface area (Å²) in [6.45, 7) is 1.90. The van der Waals surface area contributed by atoms with E-state index in [2.05, 4.69) is 22.4 Å². The number of rotatable bonds is 3. The fourth-order valence-corrected chi connectivity index (χ4v) is 3.22. The maximum absolute atomic E-state index is 11.7. The number of amides is 1. The van der Waals surface area contributed by atoms with Gasteiger partial charge in [-0.15, -0.1) is 0 Å². The molecule has 0 saturated carbocycles. The molecule has 3 N–H and O–H groups in total. The van der Waals surface area contributed by atoms with Crippen molar-refractivity contribution in [2.45, 2.75) is 25.3 Å². The Morgan fingerprint density at radius 3 is 3.09 bits per heavy atom. The van der Waals surface area contributed by atoms with Gasteiger partial charge in [0.15, 0.2) is 0 Å². The summed E-state index contributed by atoms with van der Waals surface area (Å²) in [6, 6.07) is 6.04. The molecule has 5 heteroatoms. The number of aliphatic hydroxyl groups excluding tert-OH is 1. The number of nitrogens with one attached hydrogen (secondary N) is 2. The summed E-state index contributed by atoms with van der Waals surface area (Å²) in [7, 11) is 1.37. The highest BCUT2D eigenvalue weighted by Gasteiger charge is 2.31. The zero-order valence-electron chi connectivity index (χ0n) is 12.7. The molecule has 1 amide bonds. The van der Waals surface area contributed by atoms with Crippen molar-refractivity contribution >= 4 is 17.0 Å². The van der Waals surface area contributed by atoms with Gasteiger partial charge in [-0.1, -0.05) is 23.8 Å². The van der Waals surface area contributed by atoms with Gasteiger partial charge in [0.1, 0.15) is 0 Å². The van der Waals surface area contributed by atoms with E-state index in [4.69, 9.17) is 4.74 Å². The minimum absolute atomic E-state index is 0.0113. The number of hydrogen-bond donors (Lipinski definition) is 3. The molecule has 0 bridgehead atoms. The van der Waals surface area contributed by atoms with Crippen LogP contribution in [0.2, 0.25) is 0 Å². The Balaban J connectivity index is 2.08. The van der Waals surface area contributed by atoms with E-state index in [1.165, 1.54) is 18.1 Å². The maximum atomic E-state index is 11.7. The van der Waals surface area contributed by atoms with Crippen LogP contribution in [0.5, 0.6) is 0 Å². The van der Waals surface area contributed by atoms with Crippen LogP contribution in [-0.2, 0) is 11.2 Å². The zero-order chi connectivity index (χ0) is 15.7. The SMILES string of the molecule is COC(=O)N[C@H]1Cc2c[nH]c3cccc(c23)[C@@H]1/C=C(\C)CO. The first-order chi connectivity index (χ1) is 10.6. The number of benzene rings is 1. The number of alkyl carbamates (subject to hydrolysis) is 1. The lowest BCUT2D eigenvalue weighted by Gasteiger charge is -2.31. The van der Waals surface area contributed by atoms with Crippen LogP contribution in [0.25, 0.3) is 10.9 Å². The summed E-state index contributed by atoms with van der Waals surface area (Å²) in [5.74, 6) is 0.0123. The lowest BCUT2D eigenvalue weighted by molar-refractivity contribution is 0.165. The number of carbonyl (C=O) groups excluding carboxylic acids is 1. The molecular formula is C17H20N2O3. The predicted molar refractivity (Wildman–Crippen MR) is 84.9 cm³/mol. The molecule has 1 aromatic heterocycles. The van der Waals surface area contributed by atoms with Crippen LogP contribution in [0, 0.1) is 0 Å². The number of H-pyrrole nitrogens is 1. The second kappa shape index (κ2) is 5.85. The minimum atomic E-state index is -0.434. The maximum Gasteiger partial charge on any atom is 0.407 e. The molecule has 1 heterocycles. The molecule has 0 aliphatic heterocycles. The third kappa shape index (κ3) is 2.48. The second-order valence-corrected chi connectivity index (χ2v) is 5.73. The molecule has 0 saturated heterocycles. The van der Waals surface area contributed by atoms with Gasteiger partial charge < -0.3 is 20.1 Å². The number of methoxy groups -OCH3 is 1. The Bertz CT molecular complexity index is 733. The normalized spacial score (nSPS) is 21.0. The molecule has 0 unspecified atom stereocenters. The molecule has 22 heavy (non-hydrogen) atoms. The molecule has 3 rings (SSSR count). The number of carbonyl (C=O) groups is 1. The summed E-state index contributed by atoms with van der Waals surface area (Å²) >= 11 is 0. The minimum Gasteiger partial charge on any atom is -0.453 e. The van der Waals surface area contributed by atoms with Gasteiger partial charge in [0.2, 0.25) is 0 Å². The zero-order valence-corrected chi connectivity index (χ0v) is 12.7. The van der Waals surface area contributed by atoms with Crippen LogP contribution in [0.15, 0.2) is 36.0 Å². The topological polar surface area (TPSA) is 74.3 Å². The highest BCUT2D eigenvalue weighted by atomic mass is 16.5. The fraction of sp³-hybridized carbons (Fsp3) is 0.353. The smallest absolute Gasteiger partial charge is 0.407 e. The van der Waals surface area contributed by atoms with Crippen molar-refractivity contribution in [1.82, 2.24) is 10.3 Å². The molecule has 5 nitrogen and oxygen atoms in total. The van der Waals surface area contributed by atoms with Crippen LogP contribution in [0.3, 0.4) is 0 Å². The van der Waals surface area contributed by atoms with Crippen molar-refractivity contribution in [1.29, 1.82) is 0 Å². The Morgan fingerprint density at radius 2 is 2.36 bits per heavy atom. The number of aliphatic hydroxyl groups is 1. The lowest BCUT2D eigenvalue weighted by atomic mass is 9.79. The van der Waals surface area contributed by atoms with E-state index in [0.717, 1.165) is 23.1 Å². The molecule has 2 atom stereocenters. The molecule has 1 aromatic carbocycles. The van der Waals surface area contributed by atoms with Crippen molar-refractivity contribution in [2.75, 3.05) is 13.7 Å². The summed E-state index contributed by atoms with van der Waals surface area (Å²) in [5.41, 5.74) is 4.34. The standard InChI is InChI=1S/C17H20N2O3/c1-10(9-20)6-13-12-4-3-5-14-16(12)11(8-18-14)7-15(13)19-17(21)22-2/h3-6,8,13,15,18,20H,7,9H2,1-2H3,(H,19,21)/b10-6+/t13-,15-/m0/s1. The van der Waals surface area contributed by atoms with Gasteiger partial charge in [0.05, 0.1) is 13.7 Å². The van der Waals surface area contributed by atoms with Crippen molar-refractivity contribution in [3.8, 4) is 0 Å². The third-order valence-corrected chi connectivity index (χ3v) is 4.25. The molecule has 0 spiro atoms. The first-order valence-electron chi connectivity index (χ1n) is 7.35. The van der Waals surface area contributed by atoms with E-state index in [-0.39, 0.29) is 18.6 Å². The molecule has 2 aromatic rings. The largest absolute Gasteiger partial charge is 0.453 e. The van der Waals surface area contributed by atoms with E-state index in [1.54, 1.807) is 0 Å². The van der Waals surface area contributed by atoms with Gasteiger partial charge in [-0.25, -0.2) is 4.79 Å². The number of aromatic amines is 1. The van der Waals surface area contributed by atoms with Crippen molar-refractivity contribution in [2.24, 2.45) is 0 Å². The van der Waals surface area contributed by atoms with E-state index in [0.29, 0.717) is 0 Å². The predicted octanol–water partition coefficient (Wildman–Crippen LogP) is 2.47. The lowest BCUT2D eigenvalue weighted by Crippen LogP contribution is -2.41. The van der Waals surface area contributed by atoms with Gasteiger partial charge in [-0.05, 0) is 30.5 Å². The highest BCUT2D eigenvalue weighted by molar-refractivity contribution is 5.89. The second-order valence-electron chi connectivity index (χ2n) is 5.73. The molecule has 0 fully saturated rings. The van der Waals surface area contributed by atoms with E-state index >= 15 is 0 Å². The molecule has 0 radical (unpaired) electrons. The van der Waals surface area contributed by atoms with E-state index in [9.17, 15) is 9.90 Å². The molecular weight excluding hydrogens is 280 g/mol. The Kier molecular flexibility index (Phi) is 3.90.